The summed E-state index contributed by atoms with van der Waals surface area (Å²) in [5.74, 6) is 0.0900. The van der Waals surface area contributed by atoms with E-state index in [2.05, 4.69) is 12.1 Å². The highest BCUT2D eigenvalue weighted by Gasteiger charge is 2.37. The molecule has 0 saturated carbocycles. The van der Waals surface area contributed by atoms with E-state index in [9.17, 15) is 4.79 Å². The van der Waals surface area contributed by atoms with E-state index >= 15 is 0 Å². The summed E-state index contributed by atoms with van der Waals surface area (Å²) < 4.78 is 5.93. The minimum atomic E-state index is -0.304. The molecule has 0 spiro atoms. The molecule has 1 heterocycles. The van der Waals surface area contributed by atoms with Gasteiger partial charge >= 0.3 is 0 Å². The van der Waals surface area contributed by atoms with Crippen LogP contribution in [0.3, 0.4) is 0 Å². The number of hydrogen-bond donors (Lipinski definition) is 0. The first kappa shape index (κ1) is 12.1. The van der Waals surface area contributed by atoms with Crippen LogP contribution in [0.4, 0.5) is 0 Å². The lowest BCUT2D eigenvalue weighted by Gasteiger charge is -2.41. The van der Waals surface area contributed by atoms with E-state index in [-0.39, 0.29) is 24.2 Å². The summed E-state index contributed by atoms with van der Waals surface area (Å²) in [7, 11) is 1.86. The zero-order chi connectivity index (χ0) is 12.4. The highest BCUT2D eigenvalue weighted by atomic mass is 16.5. The van der Waals surface area contributed by atoms with Gasteiger partial charge in [0.2, 0.25) is 0 Å². The number of ether oxygens (including phenoxy) is 1. The van der Waals surface area contributed by atoms with Gasteiger partial charge in [-0.2, -0.15) is 0 Å². The van der Waals surface area contributed by atoms with Crippen LogP contribution >= 0.6 is 0 Å². The number of amides is 1. The average molecular weight is 233 g/mol. The van der Waals surface area contributed by atoms with Gasteiger partial charge in [-0.25, -0.2) is 0 Å². The first-order valence-corrected chi connectivity index (χ1v) is 6.12. The van der Waals surface area contributed by atoms with Crippen LogP contribution in [0.5, 0.6) is 0 Å². The van der Waals surface area contributed by atoms with Gasteiger partial charge < -0.3 is 9.64 Å². The molecule has 1 saturated heterocycles. The molecule has 3 heteroatoms. The van der Waals surface area contributed by atoms with Crippen LogP contribution in [-0.4, -0.2) is 30.0 Å². The Morgan fingerprint density at radius 2 is 1.94 bits per heavy atom. The molecule has 0 bridgehead atoms. The predicted molar refractivity (Wildman–Crippen MR) is 66.6 cm³/mol. The van der Waals surface area contributed by atoms with Crippen LogP contribution in [0.15, 0.2) is 30.3 Å². The zero-order valence-electron chi connectivity index (χ0n) is 10.6. The molecule has 92 valence electrons. The molecule has 1 fully saturated rings. The van der Waals surface area contributed by atoms with Gasteiger partial charge in [0.15, 0.2) is 0 Å². The second-order valence-corrected chi connectivity index (χ2v) is 4.55. The van der Waals surface area contributed by atoms with Crippen LogP contribution in [-0.2, 0) is 9.53 Å². The summed E-state index contributed by atoms with van der Waals surface area (Å²) in [4.78, 5) is 13.7. The maximum Gasteiger partial charge on any atom is 0.251 e. The number of rotatable bonds is 2. The molecule has 1 aliphatic heterocycles. The molecular weight excluding hydrogens is 214 g/mol. The van der Waals surface area contributed by atoms with Gasteiger partial charge in [-0.3, -0.25) is 4.79 Å². The van der Waals surface area contributed by atoms with Crippen molar-refractivity contribution in [3.8, 4) is 0 Å². The predicted octanol–water partition coefficient (Wildman–Crippen LogP) is 2.38. The minimum absolute atomic E-state index is 0.0242. The van der Waals surface area contributed by atoms with E-state index in [0.717, 1.165) is 12.0 Å². The lowest BCUT2D eigenvalue weighted by Crippen LogP contribution is -2.51. The Bertz CT molecular complexity index is 386. The summed E-state index contributed by atoms with van der Waals surface area (Å²) in [5, 5.41) is 0. The quantitative estimate of drug-likeness (QED) is 0.785. The van der Waals surface area contributed by atoms with Gasteiger partial charge in [0.05, 0.1) is 6.04 Å². The molecule has 2 rings (SSSR count). The molecule has 1 aromatic carbocycles. The fraction of sp³-hybridized carbons (Fsp3) is 0.500. The van der Waals surface area contributed by atoms with Crippen molar-refractivity contribution < 1.29 is 9.53 Å². The van der Waals surface area contributed by atoms with Crippen molar-refractivity contribution in [2.24, 2.45) is 0 Å². The second-order valence-electron chi connectivity index (χ2n) is 4.55. The number of morpholine rings is 1. The molecule has 1 aromatic rings. The molecule has 1 amide bonds. The third kappa shape index (κ3) is 2.20. The number of benzene rings is 1. The highest BCUT2D eigenvalue weighted by molar-refractivity contribution is 5.81. The summed E-state index contributed by atoms with van der Waals surface area (Å²) >= 11 is 0. The number of likely N-dealkylation sites (N-methyl/N-ethyl adjacent to an activating group) is 1. The van der Waals surface area contributed by atoms with Gasteiger partial charge in [0.25, 0.3) is 5.91 Å². The largest absolute Gasteiger partial charge is 0.358 e. The smallest absolute Gasteiger partial charge is 0.251 e. The molecular formula is C14H19NO2. The van der Waals surface area contributed by atoms with E-state index in [0.29, 0.717) is 0 Å². The van der Waals surface area contributed by atoms with Crippen LogP contribution in [0, 0.1) is 0 Å². The molecule has 3 nitrogen and oxygen atoms in total. The number of carbonyl (C=O) groups is 1. The maximum absolute atomic E-state index is 11.9. The Morgan fingerprint density at radius 3 is 2.53 bits per heavy atom. The second kappa shape index (κ2) is 4.88. The maximum atomic E-state index is 11.9. The van der Waals surface area contributed by atoms with Crippen molar-refractivity contribution in [1.82, 2.24) is 4.90 Å². The lowest BCUT2D eigenvalue weighted by atomic mass is 9.99. The van der Waals surface area contributed by atoms with Crippen LogP contribution < -0.4 is 0 Å². The van der Waals surface area contributed by atoms with Gasteiger partial charge in [-0.1, -0.05) is 37.3 Å². The SMILES string of the molecule is CC[C@@H]1O[C@H](c2ccccc2)[C@H](C)N(C)C1=O. The summed E-state index contributed by atoms with van der Waals surface area (Å²) in [6, 6.07) is 10.2. The Balaban J connectivity index is 2.26. The normalized spacial score (nSPS) is 29.5. The lowest BCUT2D eigenvalue weighted by molar-refractivity contribution is -0.169. The molecule has 0 N–H and O–H groups in total. The standard InChI is InChI=1S/C14H19NO2/c1-4-12-14(16)15(3)10(2)13(17-12)11-8-6-5-7-9-11/h5-10,12-13H,4H2,1-3H3/t10-,12-,13-/m0/s1. The average Bonchev–Trinajstić information content (AvgIpc) is 2.37. The first-order chi connectivity index (χ1) is 8.15. The topological polar surface area (TPSA) is 29.5 Å². The van der Waals surface area contributed by atoms with E-state index in [4.69, 9.17) is 4.74 Å². The molecule has 3 atom stereocenters. The summed E-state index contributed by atoms with van der Waals surface area (Å²) in [6.45, 7) is 4.01. The Labute approximate surface area is 102 Å². The van der Waals surface area contributed by atoms with Gasteiger partial charge in [-0.15, -0.1) is 0 Å². The van der Waals surface area contributed by atoms with E-state index < -0.39 is 0 Å². The van der Waals surface area contributed by atoms with Gasteiger partial charge in [0.1, 0.15) is 12.2 Å². The van der Waals surface area contributed by atoms with Crippen LogP contribution in [0.25, 0.3) is 0 Å². The fourth-order valence-electron chi connectivity index (χ4n) is 2.25. The van der Waals surface area contributed by atoms with Crippen molar-refractivity contribution in [3.63, 3.8) is 0 Å². The number of carbonyl (C=O) groups excluding carboxylic acids is 1. The molecule has 0 radical (unpaired) electrons. The number of nitrogens with zero attached hydrogens (tertiary/aromatic N) is 1. The third-order valence-electron chi connectivity index (χ3n) is 3.48. The van der Waals surface area contributed by atoms with E-state index in [1.54, 1.807) is 4.90 Å². The van der Waals surface area contributed by atoms with Gasteiger partial charge in [-0.05, 0) is 18.9 Å². The van der Waals surface area contributed by atoms with Crippen LogP contribution in [0.2, 0.25) is 0 Å². The third-order valence-corrected chi connectivity index (χ3v) is 3.48. The molecule has 0 unspecified atom stereocenters. The fourth-order valence-corrected chi connectivity index (χ4v) is 2.25. The van der Waals surface area contributed by atoms with Gasteiger partial charge in [0, 0.05) is 7.05 Å². The Kier molecular flexibility index (Phi) is 3.48. The number of hydrogen-bond acceptors (Lipinski definition) is 2. The zero-order valence-corrected chi connectivity index (χ0v) is 10.6. The Hall–Kier alpha value is -1.35. The first-order valence-electron chi connectivity index (χ1n) is 6.12. The van der Waals surface area contributed by atoms with Crippen molar-refractivity contribution >= 4 is 5.91 Å². The summed E-state index contributed by atoms with van der Waals surface area (Å²) in [6.07, 6.45) is 0.393. The van der Waals surface area contributed by atoms with E-state index in [1.807, 2.05) is 39.1 Å². The molecule has 1 aliphatic rings. The van der Waals surface area contributed by atoms with Crippen molar-refractivity contribution in [2.75, 3.05) is 7.05 Å². The van der Waals surface area contributed by atoms with Crippen molar-refractivity contribution in [3.05, 3.63) is 35.9 Å². The summed E-state index contributed by atoms with van der Waals surface area (Å²) in [5.41, 5.74) is 1.14. The van der Waals surface area contributed by atoms with Crippen LogP contribution in [0.1, 0.15) is 31.9 Å². The highest BCUT2D eigenvalue weighted by Crippen LogP contribution is 2.31. The molecule has 17 heavy (non-hydrogen) atoms. The van der Waals surface area contributed by atoms with E-state index in [1.165, 1.54) is 0 Å². The molecule has 0 aliphatic carbocycles. The minimum Gasteiger partial charge on any atom is -0.358 e. The molecule has 0 aromatic heterocycles. The van der Waals surface area contributed by atoms with Crippen molar-refractivity contribution in [2.45, 2.75) is 38.5 Å². The monoisotopic (exact) mass is 233 g/mol. The Morgan fingerprint density at radius 1 is 1.29 bits per heavy atom. The van der Waals surface area contributed by atoms with Crippen molar-refractivity contribution in [1.29, 1.82) is 0 Å².